The van der Waals surface area contributed by atoms with Gasteiger partial charge in [-0.05, 0) is 0 Å². The molecule has 1 aromatic heterocycles. The maximum Gasteiger partial charge on any atom is 0.425 e. The van der Waals surface area contributed by atoms with E-state index >= 15 is 0 Å². The molecule has 0 aliphatic heterocycles. The first-order valence-corrected chi connectivity index (χ1v) is 1.86. The Hall–Kier alpha value is -1.32. The Labute approximate surface area is 45.1 Å². The van der Waals surface area contributed by atoms with Crippen molar-refractivity contribution < 1.29 is 13.9 Å². The Bertz CT molecular complexity index is 158. The second-order valence-corrected chi connectivity index (χ2v) is 1.01. The predicted octanol–water partition coefficient (Wildman–Crippen LogP) is 0.121. The lowest BCUT2D eigenvalue weighted by molar-refractivity contribution is 0.353. The lowest BCUT2D eigenvalue weighted by atomic mass is 10.9. The summed E-state index contributed by atoms with van der Waals surface area (Å²) >= 11 is 0. The first-order chi connectivity index (χ1) is 3.93. The molecule has 0 atom stereocenters. The van der Waals surface area contributed by atoms with Crippen LogP contribution in [0.3, 0.4) is 0 Å². The minimum Gasteiger partial charge on any atom is -0.413 e. The van der Waals surface area contributed by atoms with Gasteiger partial charge >= 0.3 is 12.4 Å². The van der Waals surface area contributed by atoms with Gasteiger partial charge in [-0.2, -0.15) is 0 Å². The van der Waals surface area contributed by atoms with Crippen molar-refractivity contribution in [1.82, 2.24) is 4.98 Å². The van der Waals surface area contributed by atoms with Crippen LogP contribution in [0, 0.1) is 0 Å². The zero-order chi connectivity index (χ0) is 5.82. The standard InChI is InChI=1S/C4H2NO3/c6-3-8-4-1-5-2-7-4/h1-2H. The molecule has 0 fully saturated rings. The number of aromatic nitrogens is 1. The summed E-state index contributed by atoms with van der Waals surface area (Å²) in [7, 11) is 0. The van der Waals surface area contributed by atoms with E-state index in [2.05, 4.69) is 14.1 Å². The zero-order valence-corrected chi connectivity index (χ0v) is 3.83. The molecular weight excluding hydrogens is 110 g/mol. The van der Waals surface area contributed by atoms with Crippen LogP contribution >= 0.6 is 0 Å². The highest BCUT2D eigenvalue weighted by Crippen LogP contribution is 2.04. The van der Waals surface area contributed by atoms with Crippen molar-refractivity contribution in [3.05, 3.63) is 12.6 Å². The fourth-order valence-corrected chi connectivity index (χ4v) is 0.296. The van der Waals surface area contributed by atoms with E-state index in [0.717, 1.165) is 6.39 Å². The van der Waals surface area contributed by atoms with Crippen molar-refractivity contribution in [2.75, 3.05) is 0 Å². The third-order valence-corrected chi connectivity index (χ3v) is 0.552. The molecule has 0 unspecified atom stereocenters. The van der Waals surface area contributed by atoms with Gasteiger partial charge in [0.15, 0.2) is 6.39 Å². The van der Waals surface area contributed by atoms with Gasteiger partial charge in [0.2, 0.25) is 0 Å². The zero-order valence-electron chi connectivity index (χ0n) is 3.83. The van der Waals surface area contributed by atoms with E-state index in [9.17, 15) is 4.79 Å². The first-order valence-electron chi connectivity index (χ1n) is 1.86. The van der Waals surface area contributed by atoms with Crippen molar-refractivity contribution in [2.45, 2.75) is 0 Å². The summed E-state index contributed by atoms with van der Waals surface area (Å²) < 4.78 is 8.59. The molecule has 1 heterocycles. The lowest BCUT2D eigenvalue weighted by Crippen LogP contribution is -1.83. The van der Waals surface area contributed by atoms with Crippen molar-refractivity contribution in [3.63, 3.8) is 0 Å². The Morgan fingerprint density at radius 3 is 3.25 bits per heavy atom. The van der Waals surface area contributed by atoms with Crippen LogP contribution in [0.5, 0.6) is 5.95 Å². The van der Waals surface area contributed by atoms with Gasteiger partial charge in [0, 0.05) is 0 Å². The third kappa shape index (κ3) is 0.841. The van der Waals surface area contributed by atoms with Crippen LogP contribution in [0.1, 0.15) is 0 Å². The summed E-state index contributed by atoms with van der Waals surface area (Å²) in [6, 6.07) is 0. The topological polar surface area (TPSA) is 52.3 Å². The number of hydrogen-bond acceptors (Lipinski definition) is 4. The average Bonchev–Trinajstić information content (AvgIpc) is 2.19. The van der Waals surface area contributed by atoms with Gasteiger partial charge in [-0.3, -0.25) is 0 Å². The van der Waals surface area contributed by atoms with Crippen LogP contribution < -0.4 is 4.74 Å². The first kappa shape index (κ1) is 4.83. The maximum atomic E-state index is 9.44. The highest BCUT2D eigenvalue weighted by molar-refractivity contribution is 5.42. The van der Waals surface area contributed by atoms with Crippen LogP contribution in [-0.4, -0.2) is 11.5 Å². The van der Waals surface area contributed by atoms with Crippen molar-refractivity contribution in [1.29, 1.82) is 0 Å². The van der Waals surface area contributed by atoms with E-state index in [1.165, 1.54) is 12.7 Å². The molecule has 0 amide bonds. The van der Waals surface area contributed by atoms with E-state index in [-0.39, 0.29) is 5.95 Å². The quantitative estimate of drug-likeness (QED) is 0.545. The lowest BCUT2D eigenvalue weighted by Gasteiger charge is -1.80. The number of oxazole rings is 1. The molecule has 0 saturated heterocycles. The van der Waals surface area contributed by atoms with Crippen molar-refractivity contribution >= 4 is 6.47 Å². The van der Waals surface area contributed by atoms with Gasteiger partial charge in [-0.1, -0.05) is 0 Å². The van der Waals surface area contributed by atoms with E-state index in [4.69, 9.17) is 0 Å². The molecule has 4 nitrogen and oxygen atoms in total. The van der Waals surface area contributed by atoms with Crippen LogP contribution in [0.4, 0.5) is 0 Å². The molecular formula is C4H2NO3. The minimum absolute atomic E-state index is 0.0556. The number of nitrogens with zero attached hydrogens (tertiary/aromatic N) is 1. The normalized spacial score (nSPS) is 8.50. The average molecular weight is 112 g/mol. The second-order valence-electron chi connectivity index (χ2n) is 1.01. The monoisotopic (exact) mass is 112 g/mol. The number of rotatable bonds is 2. The highest BCUT2D eigenvalue weighted by atomic mass is 16.6. The number of hydrogen-bond donors (Lipinski definition) is 0. The molecule has 0 aliphatic carbocycles. The minimum atomic E-state index is 0.0556. The molecule has 1 radical (unpaired) electrons. The fraction of sp³-hybridized carbons (Fsp3) is 0. The van der Waals surface area contributed by atoms with Gasteiger partial charge in [-0.15, -0.1) is 0 Å². The summed E-state index contributed by atoms with van der Waals surface area (Å²) in [5.74, 6) is 0.0556. The van der Waals surface area contributed by atoms with Crippen LogP contribution in [0.2, 0.25) is 0 Å². The van der Waals surface area contributed by atoms with Gasteiger partial charge in [0.1, 0.15) is 6.20 Å². The molecule has 1 aromatic rings. The summed E-state index contributed by atoms with van der Waals surface area (Å²) in [6.07, 6.45) is 2.43. The van der Waals surface area contributed by atoms with E-state index in [0.29, 0.717) is 0 Å². The smallest absolute Gasteiger partial charge is 0.413 e. The molecule has 0 N–H and O–H groups in total. The molecule has 0 aliphatic rings. The van der Waals surface area contributed by atoms with Crippen molar-refractivity contribution in [3.8, 4) is 5.95 Å². The highest BCUT2D eigenvalue weighted by Gasteiger charge is 1.92. The Morgan fingerprint density at radius 2 is 2.75 bits per heavy atom. The van der Waals surface area contributed by atoms with Gasteiger partial charge in [0.25, 0.3) is 0 Å². The predicted molar refractivity (Wildman–Crippen MR) is 22.8 cm³/mol. The molecule has 8 heavy (non-hydrogen) atoms. The Morgan fingerprint density at radius 1 is 1.88 bits per heavy atom. The van der Waals surface area contributed by atoms with E-state index < -0.39 is 0 Å². The van der Waals surface area contributed by atoms with E-state index in [1.807, 2.05) is 0 Å². The fourth-order valence-electron chi connectivity index (χ4n) is 0.296. The van der Waals surface area contributed by atoms with E-state index in [1.54, 1.807) is 0 Å². The molecule has 0 aromatic carbocycles. The molecule has 41 valence electrons. The number of carbonyl (C=O) groups excluding carboxylic acids is 1. The SMILES string of the molecule is O=[C]Oc1cnco1. The maximum absolute atomic E-state index is 9.44. The molecule has 1 rings (SSSR count). The molecule has 4 heteroatoms. The van der Waals surface area contributed by atoms with Crippen molar-refractivity contribution in [2.24, 2.45) is 0 Å². The summed E-state index contributed by atoms with van der Waals surface area (Å²) in [6.45, 7) is 1.19. The molecule has 0 saturated carbocycles. The summed E-state index contributed by atoms with van der Waals surface area (Å²) in [4.78, 5) is 12.9. The van der Waals surface area contributed by atoms with Gasteiger partial charge in [-0.25, -0.2) is 9.78 Å². The second kappa shape index (κ2) is 2.11. The van der Waals surface area contributed by atoms with Gasteiger partial charge < -0.3 is 9.15 Å². The van der Waals surface area contributed by atoms with Gasteiger partial charge in [0.05, 0.1) is 0 Å². The van der Waals surface area contributed by atoms with Crippen LogP contribution in [0.25, 0.3) is 0 Å². The molecule has 0 bridgehead atoms. The summed E-state index contributed by atoms with van der Waals surface area (Å²) in [5.41, 5.74) is 0. The van der Waals surface area contributed by atoms with Crippen LogP contribution in [-0.2, 0) is 4.79 Å². The third-order valence-electron chi connectivity index (χ3n) is 0.552. The Balaban J connectivity index is 2.62. The Kier molecular flexibility index (Phi) is 1.27. The van der Waals surface area contributed by atoms with Crippen LogP contribution in [0.15, 0.2) is 17.0 Å². The largest absolute Gasteiger partial charge is 0.425 e. The molecule has 0 spiro atoms. The number of ether oxygens (including phenoxy) is 1. The summed E-state index contributed by atoms with van der Waals surface area (Å²) in [5, 5.41) is 0.